The highest BCUT2D eigenvalue weighted by Gasteiger charge is 2.42. The van der Waals surface area contributed by atoms with Crippen molar-refractivity contribution in [1.29, 1.82) is 0 Å². The second-order valence-corrected chi connectivity index (χ2v) is 8.22. The van der Waals surface area contributed by atoms with Gasteiger partial charge in [-0.1, -0.05) is 29.8 Å². The second-order valence-electron chi connectivity index (χ2n) is 7.82. The summed E-state index contributed by atoms with van der Waals surface area (Å²) in [6, 6.07) is 14.3. The Balaban J connectivity index is 1.71. The molecule has 2 aliphatic heterocycles. The van der Waals surface area contributed by atoms with Crippen molar-refractivity contribution in [3.05, 3.63) is 53.1 Å². The van der Waals surface area contributed by atoms with Crippen LogP contribution in [0.1, 0.15) is 12.5 Å². The molecule has 0 aromatic heterocycles. The summed E-state index contributed by atoms with van der Waals surface area (Å²) >= 11 is 6.48. The lowest BCUT2D eigenvalue weighted by atomic mass is 9.83. The van der Waals surface area contributed by atoms with Crippen LogP contribution in [0, 0.1) is 5.92 Å². The first-order valence-electron chi connectivity index (χ1n) is 10.2. The minimum Gasteiger partial charge on any atom is -0.497 e. The maximum absolute atomic E-state index is 13.3. The molecular weight excluding hydrogens is 386 g/mol. The van der Waals surface area contributed by atoms with E-state index in [0.717, 1.165) is 42.5 Å². The van der Waals surface area contributed by atoms with Crippen LogP contribution in [0.2, 0.25) is 5.02 Å². The first kappa shape index (κ1) is 19.9. The van der Waals surface area contributed by atoms with Crippen LogP contribution in [0.25, 0.3) is 0 Å². The molecule has 0 saturated carbocycles. The van der Waals surface area contributed by atoms with Gasteiger partial charge in [-0.25, -0.2) is 0 Å². The van der Waals surface area contributed by atoms with Crippen LogP contribution in [0.5, 0.6) is 5.75 Å². The van der Waals surface area contributed by atoms with Gasteiger partial charge in [-0.2, -0.15) is 0 Å². The Morgan fingerprint density at radius 2 is 2.00 bits per heavy atom. The van der Waals surface area contributed by atoms with Crippen LogP contribution < -0.4 is 14.5 Å². The van der Waals surface area contributed by atoms with Gasteiger partial charge in [0.15, 0.2) is 0 Å². The highest BCUT2D eigenvalue weighted by Crippen LogP contribution is 2.40. The van der Waals surface area contributed by atoms with Crippen molar-refractivity contribution in [2.24, 2.45) is 5.92 Å². The lowest BCUT2D eigenvalue weighted by Crippen LogP contribution is -2.61. The standard InChI is InChI=1S/C23H28ClN3O2/c1-4-25(2)23(28)18-13-16-9-10-17(29-3)14-21(16)27-12-11-26(15-22(18)27)20-8-6-5-7-19(20)24/h5-10,14,18,22H,4,11-13,15H2,1-3H3. The number of nitrogens with zero attached hydrogens (tertiary/aromatic N) is 3. The summed E-state index contributed by atoms with van der Waals surface area (Å²) in [4.78, 5) is 19.8. The Morgan fingerprint density at radius 1 is 1.21 bits per heavy atom. The maximum atomic E-state index is 13.3. The first-order valence-corrected chi connectivity index (χ1v) is 10.6. The van der Waals surface area contributed by atoms with E-state index in [2.05, 4.69) is 28.0 Å². The van der Waals surface area contributed by atoms with E-state index in [9.17, 15) is 4.79 Å². The molecule has 0 aliphatic carbocycles. The van der Waals surface area contributed by atoms with Gasteiger partial charge in [0.1, 0.15) is 5.75 Å². The molecule has 1 amide bonds. The molecular formula is C23H28ClN3O2. The van der Waals surface area contributed by atoms with E-state index >= 15 is 0 Å². The molecule has 0 spiro atoms. The van der Waals surface area contributed by atoms with Crippen molar-refractivity contribution in [3.63, 3.8) is 0 Å². The van der Waals surface area contributed by atoms with E-state index in [1.165, 1.54) is 11.3 Å². The number of benzene rings is 2. The number of piperazine rings is 1. The Kier molecular flexibility index (Phi) is 5.59. The SMILES string of the molecule is CCN(C)C(=O)C1Cc2ccc(OC)cc2N2CCN(c3ccccc3Cl)CC12. The van der Waals surface area contributed by atoms with Crippen LogP contribution in [0.3, 0.4) is 0 Å². The predicted molar refractivity (Wildman–Crippen MR) is 118 cm³/mol. The summed E-state index contributed by atoms with van der Waals surface area (Å²) in [5.74, 6) is 0.989. The van der Waals surface area contributed by atoms with Gasteiger partial charge in [-0.05, 0) is 37.1 Å². The van der Waals surface area contributed by atoms with Gasteiger partial charge in [0, 0.05) is 45.0 Å². The zero-order valence-electron chi connectivity index (χ0n) is 17.3. The molecule has 1 fully saturated rings. The number of carbonyl (C=O) groups is 1. The Labute approximate surface area is 177 Å². The molecule has 4 rings (SSSR count). The number of hydrogen-bond donors (Lipinski definition) is 0. The Hall–Kier alpha value is -2.40. The minimum absolute atomic E-state index is 0.0777. The van der Waals surface area contributed by atoms with E-state index in [1.54, 1.807) is 7.11 Å². The van der Waals surface area contributed by atoms with Gasteiger partial charge in [-0.3, -0.25) is 4.79 Å². The van der Waals surface area contributed by atoms with Crippen LogP contribution in [-0.4, -0.2) is 57.2 Å². The summed E-state index contributed by atoms with van der Waals surface area (Å²) < 4.78 is 5.47. The quantitative estimate of drug-likeness (QED) is 0.765. The fourth-order valence-electron chi connectivity index (χ4n) is 4.55. The van der Waals surface area contributed by atoms with Crippen LogP contribution >= 0.6 is 11.6 Å². The fourth-order valence-corrected chi connectivity index (χ4v) is 4.81. The van der Waals surface area contributed by atoms with Crippen molar-refractivity contribution in [2.45, 2.75) is 19.4 Å². The Bertz CT molecular complexity index is 903. The summed E-state index contributed by atoms with van der Waals surface area (Å²) in [6.45, 7) is 5.21. The number of halogens is 1. The third kappa shape index (κ3) is 3.64. The van der Waals surface area contributed by atoms with Crippen molar-refractivity contribution >= 4 is 28.9 Å². The highest BCUT2D eigenvalue weighted by atomic mass is 35.5. The molecule has 2 aromatic rings. The number of amides is 1. The zero-order valence-corrected chi connectivity index (χ0v) is 18.0. The van der Waals surface area contributed by atoms with E-state index in [4.69, 9.17) is 16.3 Å². The monoisotopic (exact) mass is 413 g/mol. The molecule has 0 N–H and O–H groups in total. The number of methoxy groups -OCH3 is 1. The largest absolute Gasteiger partial charge is 0.497 e. The van der Waals surface area contributed by atoms with Crippen molar-refractivity contribution < 1.29 is 9.53 Å². The van der Waals surface area contributed by atoms with E-state index in [1.807, 2.05) is 43.1 Å². The molecule has 6 heteroatoms. The fraction of sp³-hybridized carbons (Fsp3) is 0.435. The van der Waals surface area contributed by atoms with Gasteiger partial charge in [0.2, 0.25) is 5.91 Å². The lowest BCUT2D eigenvalue weighted by Gasteiger charge is -2.50. The second kappa shape index (κ2) is 8.15. The van der Waals surface area contributed by atoms with Gasteiger partial charge in [-0.15, -0.1) is 0 Å². The van der Waals surface area contributed by atoms with E-state index in [-0.39, 0.29) is 17.9 Å². The van der Waals surface area contributed by atoms with E-state index in [0.29, 0.717) is 6.54 Å². The van der Waals surface area contributed by atoms with Crippen molar-refractivity contribution in [2.75, 3.05) is 50.1 Å². The summed E-state index contributed by atoms with van der Waals surface area (Å²) in [6.07, 6.45) is 0.750. The van der Waals surface area contributed by atoms with Crippen LogP contribution in [0.4, 0.5) is 11.4 Å². The molecule has 5 nitrogen and oxygen atoms in total. The molecule has 154 valence electrons. The maximum Gasteiger partial charge on any atom is 0.227 e. The molecule has 2 atom stereocenters. The summed E-state index contributed by atoms with van der Waals surface area (Å²) in [5, 5.41) is 0.757. The van der Waals surface area contributed by atoms with Gasteiger partial charge < -0.3 is 19.4 Å². The topological polar surface area (TPSA) is 36.0 Å². The molecule has 1 saturated heterocycles. The number of rotatable bonds is 4. The average Bonchev–Trinajstić information content (AvgIpc) is 2.77. The zero-order chi connectivity index (χ0) is 20.5. The number of hydrogen-bond acceptors (Lipinski definition) is 4. The molecule has 29 heavy (non-hydrogen) atoms. The first-order chi connectivity index (χ1) is 14.0. The van der Waals surface area contributed by atoms with Crippen LogP contribution in [-0.2, 0) is 11.2 Å². The number of carbonyl (C=O) groups excluding carboxylic acids is 1. The molecule has 2 unspecified atom stereocenters. The number of ether oxygens (including phenoxy) is 1. The number of fused-ring (bicyclic) bond motifs is 3. The lowest BCUT2D eigenvalue weighted by molar-refractivity contribution is -0.134. The normalized spacial score (nSPS) is 20.7. The molecule has 2 heterocycles. The number of para-hydroxylation sites is 1. The highest BCUT2D eigenvalue weighted by molar-refractivity contribution is 6.33. The Morgan fingerprint density at radius 3 is 2.72 bits per heavy atom. The van der Waals surface area contributed by atoms with Crippen molar-refractivity contribution in [3.8, 4) is 5.75 Å². The van der Waals surface area contributed by atoms with Crippen LogP contribution in [0.15, 0.2) is 42.5 Å². The van der Waals surface area contributed by atoms with Gasteiger partial charge >= 0.3 is 0 Å². The predicted octanol–water partition coefficient (Wildman–Crippen LogP) is 3.69. The van der Waals surface area contributed by atoms with Gasteiger partial charge in [0.25, 0.3) is 0 Å². The van der Waals surface area contributed by atoms with Crippen molar-refractivity contribution in [1.82, 2.24) is 4.90 Å². The third-order valence-electron chi connectivity index (χ3n) is 6.29. The molecule has 2 aliphatic rings. The minimum atomic E-state index is -0.0777. The molecule has 0 radical (unpaired) electrons. The summed E-state index contributed by atoms with van der Waals surface area (Å²) in [5.41, 5.74) is 3.45. The molecule has 0 bridgehead atoms. The average molecular weight is 414 g/mol. The molecule has 2 aromatic carbocycles. The number of anilines is 2. The third-order valence-corrected chi connectivity index (χ3v) is 6.61. The van der Waals surface area contributed by atoms with E-state index < -0.39 is 0 Å². The summed E-state index contributed by atoms with van der Waals surface area (Å²) in [7, 11) is 3.59. The van der Waals surface area contributed by atoms with Gasteiger partial charge in [0.05, 0.1) is 29.8 Å². The smallest absolute Gasteiger partial charge is 0.227 e.